The molecule has 2 aliphatic heterocycles. The maximum absolute atomic E-state index is 12.5. The van der Waals surface area contributed by atoms with E-state index in [0.29, 0.717) is 5.47 Å². The molecule has 2 rings (SSSR count). The lowest BCUT2D eigenvalue weighted by Crippen LogP contribution is -2.52. The van der Waals surface area contributed by atoms with E-state index < -0.39 is 41.5 Å². The molecule has 0 aromatic rings. The molecule has 1 N–H and O–H groups in total. The van der Waals surface area contributed by atoms with Crippen molar-refractivity contribution < 1.29 is 28.7 Å². The van der Waals surface area contributed by atoms with E-state index in [1.165, 1.54) is 17.9 Å². The van der Waals surface area contributed by atoms with Crippen LogP contribution >= 0.6 is 0 Å². The summed E-state index contributed by atoms with van der Waals surface area (Å²) in [6, 6.07) is 0. The maximum atomic E-state index is 12.5. The molecule has 140 valence electrons. The summed E-state index contributed by atoms with van der Waals surface area (Å²) in [5.41, 5.74) is -2.71. The summed E-state index contributed by atoms with van der Waals surface area (Å²) in [5.74, 6) is -1.13. The molecule has 1 fully saturated rings. The third-order valence-electron chi connectivity index (χ3n) is 4.97. The number of rotatable bonds is 2. The Bertz CT molecular complexity index is 605. The van der Waals surface area contributed by atoms with E-state index in [4.69, 9.17) is 14.0 Å². The molecule has 25 heavy (non-hydrogen) atoms. The van der Waals surface area contributed by atoms with E-state index in [-0.39, 0.29) is 6.54 Å². The van der Waals surface area contributed by atoms with Gasteiger partial charge in [-0.3, -0.25) is 4.90 Å². The molecule has 0 saturated carbocycles. The van der Waals surface area contributed by atoms with Crippen molar-refractivity contribution in [3.63, 3.8) is 0 Å². The van der Waals surface area contributed by atoms with Crippen LogP contribution in [0.25, 0.3) is 0 Å². The minimum absolute atomic E-state index is 0.0779. The van der Waals surface area contributed by atoms with Crippen molar-refractivity contribution in [2.75, 3.05) is 6.54 Å². The predicted molar refractivity (Wildman–Crippen MR) is 93.1 cm³/mol. The highest BCUT2D eigenvalue weighted by Gasteiger charge is 2.56. The molecule has 0 bridgehead atoms. The summed E-state index contributed by atoms with van der Waals surface area (Å²) in [4.78, 5) is 25.6. The van der Waals surface area contributed by atoms with Crippen LogP contribution in [-0.4, -0.2) is 58.1 Å². The number of carbonyl (C=O) groups excluding carboxylic acids is 1. The molecular weight excluding hydrogens is 325 g/mol. The quantitative estimate of drug-likeness (QED) is 0.768. The highest BCUT2D eigenvalue weighted by Crippen LogP contribution is 2.41. The van der Waals surface area contributed by atoms with Crippen molar-refractivity contribution in [3.8, 4) is 0 Å². The second kappa shape index (κ2) is 5.74. The van der Waals surface area contributed by atoms with Gasteiger partial charge in [0.1, 0.15) is 5.60 Å². The molecule has 2 aliphatic rings. The fraction of sp³-hybridized carbons (Fsp3) is 0.765. The number of amides is 1. The number of carboxylic acids is 1. The Hall–Kier alpha value is -1.54. The molecule has 1 amide bonds. The summed E-state index contributed by atoms with van der Waals surface area (Å²) in [6.45, 7) is 14.4. The number of aliphatic carboxylic acids is 1. The first-order valence-electron chi connectivity index (χ1n) is 8.40. The first-order chi connectivity index (χ1) is 11.1. The second-order valence-electron chi connectivity index (χ2n) is 8.83. The molecule has 0 spiro atoms. The largest absolute Gasteiger partial charge is 0.492 e. The zero-order valence-corrected chi connectivity index (χ0v) is 16.3. The average Bonchev–Trinajstić information content (AvgIpc) is 2.84. The number of hydrogen-bond acceptors (Lipinski definition) is 5. The zero-order chi connectivity index (χ0) is 19.4. The van der Waals surface area contributed by atoms with Gasteiger partial charge in [0, 0.05) is 6.54 Å². The van der Waals surface area contributed by atoms with Gasteiger partial charge in [0.05, 0.1) is 11.2 Å². The monoisotopic (exact) mass is 353 g/mol. The molecule has 1 unspecified atom stereocenters. The molecule has 0 aromatic carbocycles. The first-order valence-corrected chi connectivity index (χ1v) is 8.40. The normalized spacial score (nSPS) is 28.1. The maximum Gasteiger partial charge on any atom is 0.492 e. The minimum Gasteiger partial charge on any atom is -0.479 e. The number of nitrogens with zero attached hydrogens (tertiary/aromatic N) is 1. The summed E-state index contributed by atoms with van der Waals surface area (Å²) in [7, 11) is -0.698. The number of carbonyl (C=O) groups is 2. The van der Waals surface area contributed by atoms with Crippen LogP contribution in [0.1, 0.15) is 55.4 Å². The Kier molecular flexibility index (Phi) is 4.54. The van der Waals surface area contributed by atoms with Gasteiger partial charge in [-0.05, 0) is 60.9 Å². The third-order valence-corrected chi connectivity index (χ3v) is 4.97. The van der Waals surface area contributed by atoms with Crippen molar-refractivity contribution in [1.29, 1.82) is 0 Å². The summed E-state index contributed by atoms with van der Waals surface area (Å²) >= 11 is 0. The lowest BCUT2D eigenvalue weighted by molar-refractivity contribution is -0.146. The van der Waals surface area contributed by atoms with Gasteiger partial charge in [0.2, 0.25) is 0 Å². The lowest BCUT2D eigenvalue weighted by atomic mass is 9.78. The Labute approximate surface area is 149 Å². The molecule has 0 aliphatic carbocycles. The Morgan fingerprint density at radius 2 is 1.64 bits per heavy atom. The van der Waals surface area contributed by atoms with Gasteiger partial charge >= 0.3 is 19.2 Å². The van der Waals surface area contributed by atoms with Crippen LogP contribution in [0, 0.1) is 0 Å². The lowest BCUT2D eigenvalue weighted by Gasteiger charge is -2.32. The first kappa shape index (κ1) is 19.8. The van der Waals surface area contributed by atoms with Crippen molar-refractivity contribution in [2.24, 2.45) is 0 Å². The summed E-state index contributed by atoms with van der Waals surface area (Å²) in [5, 5.41) is 9.68. The highest BCUT2D eigenvalue weighted by molar-refractivity contribution is 6.55. The molecular formula is C17H28BNO6. The Balaban J connectivity index is 2.29. The van der Waals surface area contributed by atoms with Crippen LogP contribution in [0.3, 0.4) is 0 Å². The molecule has 1 saturated heterocycles. The van der Waals surface area contributed by atoms with Gasteiger partial charge in [-0.25, -0.2) is 9.59 Å². The van der Waals surface area contributed by atoms with Crippen LogP contribution in [0.4, 0.5) is 4.79 Å². The van der Waals surface area contributed by atoms with Crippen LogP contribution in [-0.2, 0) is 18.8 Å². The molecule has 8 heteroatoms. The second-order valence-corrected chi connectivity index (χ2v) is 8.83. The van der Waals surface area contributed by atoms with E-state index in [9.17, 15) is 14.7 Å². The number of carboxylic acid groups (broad SMARTS) is 1. The van der Waals surface area contributed by atoms with Gasteiger partial charge in [-0.1, -0.05) is 6.08 Å². The molecule has 7 nitrogen and oxygen atoms in total. The van der Waals surface area contributed by atoms with Crippen molar-refractivity contribution >= 4 is 19.2 Å². The molecule has 0 aromatic heterocycles. The van der Waals surface area contributed by atoms with E-state index in [2.05, 4.69) is 0 Å². The molecule has 0 radical (unpaired) electrons. The van der Waals surface area contributed by atoms with E-state index in [1.54, 1.807) is 20.8 Å². The SMILES string of the molecule is CC(C)(C)OC(=O)N1CC(B2OC(C)(C)C(C)(C)O2)=CC1(C)C(=O)O. The van der Waals surface area contributed by atoms with Gasteiger partial charge < -0.3 is 19.2 Å². The van der Waals surface area contributed by atoms with E-state index >= 15 is 0 Å². The topological polar surface area (TPSA) is 85.3 Å². The molecule has 2 heterocycles. The Morgan fingerprint density at radius 1 is 1.16 bits per heavy atom. The van der Waals surface area contributed by atoms with Crippen molar-refractivity contribution in [1.82, 2.24) is 4.90 Å². The third kappa shape index (κ3) is 3.55. The van der Waals surface area contributed by atoms with Crippen LogP contribution in [0.15, 0.2) is 11.5 Å². The number of ether oxygens (including phenoxy) is 1. The minimum atomic E-state index is -1.51. The van der Waals surface area contributed by atoms with Crippen LogP contribution in [0.5, 0.6) is 0 Å². The van der Waals surface area contributed by atoms with Gasteiger partial charge in [-0.2, -0.15) is 0 Å². The van der Waals surface area contributed by atoms with Gasteiger partial charge in [-0.15, -0.1) is 0 Å². The summed E-state index contributed by atoms with van der Waals surface area (Å²) < 4.78 is 17.3. The fourth-order valence-electron chi connectivity index (χ4n) is 2.72. The molecule has 1 atom stereocenters. The standard InChI is InChI=1S/C17H28BNO6/c1-14(2,3)23-13(22)19-10-11(9-17(19,8)12(20)21)18-24-15(4,5)16(6,7)25-18/h9H,10H2,1-8H3,(H,20,21). The highest BCUT2D eigenvalue weighted by atomic mass is 16.7. The van der Waals surface area contributed by atoms with E-state index in [1.807, 2.05) is 27.7 Å². The van der Waals surface area contributed by atoms with E-state index in [0.717, 1.165) is 0 Å². The average molecular weight is 353 g/mol. The predicted octanol–water partition coefficient (Wildman–Crippen LogP) is 2.64. The zero-order valence-electron chi connectivity index (χ0n) is 16.3. The smallest absolute Gasteiger partial charge is 0.479 e. The number of hydrogen-bond donors (Lipinski definition) is 1. The van der Waals surface area contributed by atoms with Crippen LogP contribution in [0.2, 0.25) is 0 Å². The summed E-state index contributed by atoms with van der Waals surface area (Å²) in [6.07, 6.45) is 0.849. The Morgan fingerprint density at radius 3 is 2.04 bits per heavy atom. The van der Waals surface area contributed by atoms with Crippen molar-refractivity contribution in [2.45, 2.75) is 77.7 Å². The van der Waals surface area contributed by atoms with Gasteiger partial charge in [0.25, 0.3) is 0 Å². The van der Waals surface area contributed by atoms with Crippen molar-refractivity contribution in [3.05, 3.63) is 11.5 Å². The van der Waals surface area contributed by atoms with Crippen LogP contribution < -0.4 is 0 Å². The van der Waals surface area contributed by atoms with Gasteiger partial charge in [0.15, 0.2) is 5.54 Å². The fourth-order valence-corrected chi connectivity index (χ4v) is 2.72.